The van der Waals surface area contributed by atoms with Crippen molar-refractivity contribution in [2.75, 3.05) is 26.7 Å². The standard InChI is InChI=1S/C19H24N2.C2H6/c1-20-12-18-14-21(13-16-8-4-2-5-9-16)15-19(18)17-10-6-3-7-11-17;1-2/h2-11,18-20H,12-15H2,1H3;1-2H3/t18-,19+;/m1./s1. The van der Waals surface area contributed by atoms with E-state index in [1.54, 1.807) is 0 Å². The summed E-state index contributed by atoms with van der Waals surface area (Å²) >= 11 is 0. The van der Waals surface area contributed by atoms with Gasteiger partial charge in [0.15, 0.2) is 0 Å². The second kappa shape index (κ2) is 9.49. The molecule has 0 radical (unpaired) electrons. The van der Waals surface area contributed by atoms with Crippen LogP contribution in [-0.4, -0.2) is 31.6 Å². The van der Waals surface area contributed by atoms with Crippen LogP contribution in [0.4, 0.5) is 0 Å². The first-order chi connectivity index (χ1) is 11.4. The predicted molar refractivity (Wildman–Crippen MR) is 99.7 cm³/mol. The molecule has 0 bridgehead atoms. The van der Waals surface area contributed by atoms with E-state index in [1.807, 2.05) is 13.8 Å². The molecule has 1 aliphatic rings. The lowest BCUT2D eigenvalue weighted by atomic mass is 9.89. The van der Waals surface area contributed by atoms with Crippen molar-refractivity contribution >= 4 is 0 Å². The van der Waals surface area contributed by atoms with E-state index in [-0.39, 0.29) is 0 Å². The SMILES string of the molecule is CC.CNC[C@@H]1CN(Cc2ccccc2)C[C@H]1c1ccccc1. The Kier molecular flexibility index (Phi) is 7.31. The number of hydrogen-bond acceptors (Lipinski definition) is 2. The summed E-state index contributed by atoms with van der Waals surface area (Å²) in [6.45, 7) is 8.48. The van der Waals surface area contributed by atoms with Crippen molar-refractivity contribution in [3.8, 4) is 0 Å². The Balaban J connectivity index is 0.000000924. The summed E-state index contributed by atoms with van der Waals surface area (Å²) in [5.74, 6) is 1.34. The number of hydrogen-bond donors (Lipinski definition) is 1. The van der Waals surface area contributed by atoms with Crippen LogP contribution in [0.5, 0.6) is 0 Å². The Morgan fingerprint density at radius 2 is 1.52 bits per heavy atom. The molecule has 2 heteroatoms. The van der Waals surface area contributed by atoms with E-state index in [1.165, 1.54) is 17.7 Å². The van der Waals surface area contributed by atoms with Crippen LogP contribution in [0.25, 0.3) is 0 Å². The smallest absolute Gasteiger partial charge is 0.0234 e. The van der Waals surface area contributed by atoms with Crippen LogP contribution in [0, 0.1) is 5.92 Å². The molecule has 1 N–H and O–H groups in total. The van der Waals surface area contributed by atoms with E-state index in [0.29, 0.717) is 11.8 Å². The van der Waals surface area contributed by atoms with Gasteiger partial charge in [0, 0.05) is 25.6 Å². The van der Waals surface area contributed by atoms with Crippen LogP contribution in [0.1, 0.15) is 30.9 Å². The van der Waals surface area contributed by atoms with Crippen LogP contribution >= 0.6 is 0 Å². The molecule has 124 valence electrons. The molecule has 0 amide bonds. The maximum Gasteiger partial charge on any atom is 0.0234 e. The molecular weight excluding hydrogens is 280 g/mol. The van der Waals surface area contributed by atoms with Crippen LogP contribution < -0.4 is 5.32 Å². The molecule has 23 heavy (non-hydrogen) atoms. The fourth-order valence-electron chi connectivity index (χ4n) is 3.48. The normalized spacial score (nSPS) is 20.8. The first kappa shape index (κ1) is 17.7. The highest BCUT2D eigenvalue weighted by atomic mass is 15.2. The minimum atomic E-state index is 0.641. The van der Waals surface area contributed by atoms with Gasteiger partial charge in [-0.05, 0) is 30.6 Å². The number of benzene rings is 2. The zero-order chi connectivity index (χ0) is 16.5. The lowest BCUT2D eigenvalue weighted by Gasteiger charge is -2.18. The quantitative estimate of drug-likeness (QED) is 0.892. The number of nitrogens with one attached hydrogen (secondary N) is 1. The molecule has 1 heterocycles. The van der Waals surface area contributed by atoms with Gasteiger partial charge in [-0.2, -0.15) is 0 Å². The summed E-state index contributed by atoms with van der Waals surface area (Å²) in [6, 6.07) is 21.8. The van der Waals surface area contributed by atoms with Gasteiger partial charge >= 0.3 is 0 Å². The molecule has 0 saturated carbocycles. The molecule has 2 nitrogen and oxygen atoms in total. The minimum Gasteiger partial charge on any atom is -0.319 e. The van der Waals surface area contributed by atoms with Crippen molar-refractivity contribution in [2.45, 2.75) is 26.3 Å². The van der Waals surface area contributed by atoms with Gasteiger partial charge in [0.1, 0.15) is 0 Å². The maximum atomic E-state index is 3.37. The Hall–Kier alpha value is -1.64. The van der Waals surface area contributed by atoms with E-state index in [4.69, 9.17) is 0 Å². The van der Waals surface area contributed by atoms with Crippen molar-refractivity contribution in [3.63, 3.8) is 0 Å². The van der Waals surface area contributed by atoms with Crippen LogP contribution in [0.15, 0.2) is 60.7 Å². The first-order valence-corrected chi connectivity index (χ1v) is 8.82. The third-order valence-corrected chi connectivity index (χ3v) is 4.46. The summed E-state index contributed by atoms with van der Waals surface area (Å²) in [6.07, 6.45) is 0. The predicted octanol–water partition coefficient (Wildman–Crippen LogP) is 4.15. The fraction of sp³-hybridized carbons (Fsp3) is 0.429. The van der Waals surface area contributed by atoms with E-state index >= 15 is 0 Å². The lowest BCUT2D eigenvalue weighted by Crippen LogP contribution is -2.25. The van der Waals surface area contributed by atoms with Crippen molar-refractivity contribution in [3.05, 3.63) is 71.8 Å². The molecular formula is C21H30N2. The fourth-order valence-corrected chi connectivity index (χ4v) is 3.48. The Labute approximate surface area is 141 Å². The number of rotatable bonds is 5. The highest BCUT2D eigenvalue weighted by Gasteiger charge is 2.32. The summed E-state index contributed by atoms with van der Waals surface area (Å²) in [5, 5.41) is 3.37. The summed E-state index contributed by atoms with van der Waals surface area (Å²) in [5.41, 5.74) is 2.89. The number of likely N-dealkylation sites (tertiary alicyclic amines) is 1. The van der Waals surface area contributed by atoms with Crippen LogP contribution in [0.3, 0.4) is 0 Å². The molecule has 0 spiro atoms. The molecule has 1 saturated heterocycles. The third-order valence-electron chi connectivity index (χ3n) is 4.46. The monoisotopic (exact) mass is 310 g/mol. The van der Waals surface area contributed by atoms with Gasteiger partial charge in [-0.1, -0.05) is 74.5 Å². The molecule has 2 aromatic rings. The summed E-state index contributed by atoms with van der Waals surface area (Å²) in [4.78, 5) is 2.59. The molecule has 2 atom stereocenters. The maximum absolute atomic E-state index is 3.37. The molecule has 1 aliphatic heterocycles. The highest BCUT2D eigenvalue weighted by molar-refractivity contribution is 5.23. The number of nitrogens with zero attached hydrogens (tertiary/aromatic N) is 1. The van der Waals surface area contributed by atoms with E-state index in [0.717, 1.165) is 19.6 Å². The third kappa shape index (κ3) is 4.92. The molecule has 2 aromatic carbocycles. The average Bonchev–Trinajstić information content (AvgIpc) is 3.01. The highest BCUT2D eigenvalue weighted by Crippen LogP contribution is 2.32. The van der Waals surface area contributed by atoms with Crippen LogP contribution in [-0.2, 0) is 6.54 Å². The van der Waals surface area contributed by atoms with Crippen molar-refractivity contribution < 1.29 is 0 Å². The molecule has 0 aromatic heterocycles. The first-order valence-electron chi connectivity index (χ1n) is 8.82. The average molecular weight is 310 g/mol. The summed E-state index contributed by atoms with van der Waals surface area (Å²) in [7, 11) is 2.06. The van der Waals surface area contributed by atoms with Gasteiger partial charge in [0.2, 0.25) is 0 Å². The van der Waals surface area contributed by atoms with E-state index in [9.17, 15) is 0 Å². The largest absolute Gasteiger partial charge is 0.319 e. The van der Waals surface area contributed by atoms with Crippen LogP contribution in [0.2, 0.25) is 0 Å². The second-order valence-corrected chi connectivity index (χ2v) is 6.01. The zero-order valence-electron chi connectivity index (χ0n) is 14.7. The van der Waals surface area contributed by atoms with Gasteiger partial charge in [0.25, 0.3) is 0 Å². The van der Waals surface area contributed by atoms with Crippen molar-refractivity contribution in [2.24, 2.45) is 5.92 Å². The zero-order valence-corrected chi connectivity index (χ0v) is 14.7. The minimum absolute atomic E-state index is 0.641. The van der Waals surface area contributed by atoms with E-state index in [2.05, 4.69) is 77.9 Å². The molecule has 3 rings (SSSR count). The van der Waals surface area contributed by atoms with Gasteiger partial charge in [-0.25, -0.2) is 0 Å². The van der Waals surface area contributed by atoms with Gasteiger partial charge in [0.05, 0.1) is 0 Å². The lowest BCUT2D eigenvalue weighted by molar-refractivity contribution is 0.315. The molecule has 0 aliphatic carbocycles. The Morgan fingerprint density at radius 1 is 0.913 bits per heavy atom. The van der Waals surface area contributed by atoms with Gasteiger partial charge < -0.3 is 5.32 Å². The van der Waals surface area contributed by atoms with Gasteiger partial charge in [-0.3, -0.25) is 4.90 Å². The van der Waals surface area contributed by atoms with E-state index < -0.39 is 0 Å². The summed E-state index contributed by atoms with van der Waals surface area (Å²) < 4.78 is 0. The molecule has 1 fully saturated rings. The second-order valence-electron chi connectivity index (χ2n) is 6.01. The molecule has 0 unspecified atom stereocenters. The van der Waals surface area contributed by atoms with Crippen molar-refractivity contribution in [1.82, 2.24) is 10.2 Å². The Bertz CT molecular complexity index is 538. The van der Waals surface area contributed by atoms with Gasteiger partial charge in [-0.15, -0.1) is 0 Å². The van der Waals surface area contributed by atoms with Crippen molar-refractivity contribution in [1.29, 1.82) is 0 Å². The Morgan fingerprint density at radius 3 is 2.13 bits per heavy atom. The topological polar surface area (TPSA) is 15.3 Å².